The topological polar surface area (TPSA) is 55.6 Å². The highest BCUT2D eigenvalue weighted by molar-refractivity contribution is 5.82. The maximum absolute atomic E-state index is 12.2. The van der Waals surface area contributed by atoms with E-state index in [1.165, 1.54) is 32.8 Å². The van der Waals surface area contributed by atoms with Gasteiger partial charge in [0.05, 0.1) is 7.11 Å². The molecular formula is C16H24N2O2. The van der Waals surface area contributed by atoms with Crippen LogP contribution in [0.15, 0.2) is 30.3 Å². The van der Waals surface area contributed by atoms with Crippen LogP contribution in [-0.2, 0) is 15.1 Å². The number of ether oxygens (including phenoxy) is 1. The van der Waals surface area contributed by atoms with Gasteiger partial charge in [-0.3, -0.25) is 0 Å². The van der Waals surface area contributed by atoms with Gasteiger partial charge in [-0.25, -0.2) is 4.79 Å². The number of benzene rings is 1. The highest BCUT2D eigenvalue weighted by atomic mass is 16.5. The standard InChI is InChI=1S/C16H24N2O2/c1-20-15(19)16(17,14-9-5-4-6-10-14)13-18-11-7-2-3-8-12-18/h4-6,9-10H,2-3,7-8,11-13,17H2,1H3. The number of esters is 1. The fourth-order valence-corrected chi connectivity index (χ4v) is 2.84. The Morgan fingerprint density at radius 2 is 1.80 bits per heavy atom. The largest absolute Gasteiger partial charge is 0.467 e. The maximum Gasteiger partial charge on any atom is 0.331 e. The van der Waals surface area contributed by atoms with Crippen molar-refractivity contribution < 1.29 is 9.53 Å². The monoisotopic (exact) mass is 276 g/mol. The van der Waals surface area contributed by atoms with Crippen molar-refractivity contribution in [2.45, 2.75) is 31.2 Å². The third-order valence-corrected chi connectivity index (χ3v) is 4.01. The third-order valence-electron chi connectivity index (χ3n) is 4.01. The lowest BCUT2D eigenvalue weighted by Gasteiger charge is -2.33. The molecule has 0 amide bonds. The molecule has 1 fully saturated rings. The second-order valence-corrected chi connectivity index (χ2v) is 5.52. The molecule has 2 rings (SSSR count). The SMILES string of the molecule is COC(=O)C(N)(CN1CCCCCC1)c1ccccc1. The zero-order valence-corrected chi connectivity index (χ0v) is 12.2. The quantitative estimate of drug-likeness (QED) is 0.853. The summed E-state index contributed by atoms with van der Waals surface area (Å²) in [5, 5.41) is 0. The average Bonchev–Trinajstić information content (AvgIpc) is 2.75. The fourth-order valence-electron chi connectivity index (χ4n) is 2.84. The van der Waals surface area contributed by atoms with E-state index in [0.717, 1.165) is 18.7 Å². The number of likely N-dealkylation sites (tertiary alicyclic amines) is 1. The van der Waals surface area contributed by atoms with Crippen LogP contribution in [-0.4, -0.2) is 37.6 Å². The first-order valence-electron chi connectivity index (χ1n) is 7.32. The second kappa shape index (κ2) is 6.86. The van der Waals surface area contributed by atoms with Crippen molar-refractivity contribution in [1.82, 2.24) is 4.90 Å². The summed E-state index contributed by atoms with van der Waals surface area (Å²) >= 11 is 0. The minimum absolute atomic E-state index is 0.368. The zero-order valence-electron chi connectivity index (χ0n) is 12.2. The van der Waals surface area contributed by atoms with Crippen LogP contribution < -0.4 is 5.73 Å². The van der Waals surface area contributed by atoms with Crippen molar-refractivity contribution in [1.29, 1.82) is 0 Å². The molecule has 1 atom stereocenters. The predicted octanol–water partition coefficient (Wildman–Crippen LogP) is 1.89. The van der Waals surface area contributed by atoms with E-state index < -0.39 is 5.54 Å². The Hall–Kier alpha value is -1.39. The van der Waals surface area contributed by atoms with Crippen molar-refractivity contribution in [3.8, 4) is 0 Å². The summed E-state index contributed by atoms with van der Waals surface area (Å²) in [6, 6.07) is 9.53. The molecule has 1 unspecified atom stereocenters. The number of hydrogen-bond acceptors (Lipinski definition) is 4. The number of rotatable bonds is 4. The smallest absolute Gasteiger partial charge is 0.331 e. The van der Waals surface area contributed by atoms with Crippen LogP contribution in [0.4, 0.5) is 0 Å². The zero-order chi connectivity index (χ0) is 14.4. The molecule has 0 aromatic heterocycles. The first kappa shape index (κ1) is 15.0. The molecule has 1 heterocycles. The third kappa shape index (κ3) is 3.38. The van der Waals surface area contributed by atoms with E-state index in [0.29, 0.717) is 6.54 Å². The van der Waals surface area contributed by atoms with Crippen LogP contribution in [0.25, 0.3) is 0 Å². The van der Waals surface area contributed by atoms with Crippen molar-refractivity contribution >= 4 is 5.97 Å². The van der Waals surface area contributed by atoms with Gasteiger partial charge in [-0.1, -0.05) is 43.2 Å². The molecule has 110 valence electrons. The molecule has 1 aromatic rings. The van der Waals surface area contributed by atoms with Crippen LogP contribution >= 0.6 is 0 Å². The maximum atomic E-state index is 12.2. The van der Waals surface area contributed by atoms with Crippen molar-refractivity contribution in [2.24, 2.45) is 5.73 Å². The Balaban J connectivity index is 2.21. The second-order valence-electron chi connectivity index (χ2n) is 5.52. The summed E-state index contributed by atoms with van der Waals surface area (Å²) in [4.78, 5) is 14.5. The molecule has 2 N–H and O–H groups in total. The minimum atomic E-state index is -1.08. The van der Waals surface area contributed by atoms with Gasteiger partial charge >= 0.3 is 5.97 Å². The van der Waals surface area contributed by atoms with E-state index in [2.05, 4.69) is 4.90 Å². The normalized spacial score (nSPS) is 19.9. The van der Waals surface area contributed by atoms with Crippen molar-refractivity contribution in [2.75, 3.05) is 26.7 Å². The predicted molar refractivity (Wildman–Crippen MR) is 79.2 cm³/mol. The Labute approximate surface area is 120 Å². The molecule has 1 aliphatic heterocycles. The molecule has 0 radical (unpaired) electrons. The molecule has 0 bridgehead atoms. The molecular weight excluding hydrogens is 252 g/mol. The van der Waals surface area contributed by atoms with Crippen molar-refractivity contribution in [3.63, 3.8) is 0 Å². The van der Waals surface area contributed by atoms with Gasteiger partial charge in [-0.15, -0.1) is 0 Å². The van der Waals surface area contributed by atoms with Gasteiger partial charge < -0.3 is 15.4 Å². The summed E-state index contributed by atoms with van der Waals surface area (Å²) in [7, 11) is 1.40. The van der Waals surface area contributed by atoms with E-state index in [-0.39, 0.29) is 5.97 Å². The molecule has 0 spiro atoms. The summed E-state index contributed by atoms with van der Waals surface area (Å²) in [6.07, 6.45) is 4.87. The lowest BCUT2D eigenvalue weighted by atomic mass is 9.90. The highest BCUT2D eigenvalue weighted by Crippen LogP contribution is 2.23. The van der Waals surface area contributed by atoms with Gasteiger partial charge in [0, 0.05) is 6.54 Å². The lowest BCUT2D eigenvalue weighted by Crippen LogP contribution is -2.54. The van der Waals surface area contributed by atoms with Gasteiger partial charge in [-0.2, -0.15) is 0 Å². The molecule has 0 aliphatic carbocycles. The Kier molecular flexibility index (Phi) is 5.15. The van der Waals surface area contributed by atoms with Gasteiger partial charge in [-0.05, 0) is 31.5 Å². The minimum Gasteiger partial charge on any atom is -0.467 e. The number of nitrogens with two attached hydrogens (primary N) is 1. The summed E-state index contributed by atoms with van der Waals surface area (Å²) in [5.41, 5.74) is 6.17. The van der Waals surface area contributed by atoms with E-state index in [1.54, 1.807) is 0 Å². The van der Waals surface area contributed by atoms with E-state index in [1.807, 2.05) is 30.3 Å². The van der Waals surface area contributed by atoms with Crippen LogP contribution in [0.3, 0.4) is 0 Å². The summed E-state index contributed by atoms with van der Waals surface area (Å²) in [6.45, 7) is 2.52. The number of carbonyl (C=O) groups excluding carboxylic acids is 1. The number of methoxy groups -OCH3 is 1. The summed E-state index contributed by atoms with van der Waals surface area (Å²) in [5.74, 6) is -0.368. The number of nitrogens with zero attached hydrogens (tertiary/aromatic N) is 1. The molecule has 1 saturated heterocycles. The van der Waals surface area contributed by atoms with E-state index in [9.17, 15) is 4.79 Å². The van der Waals surface area contributed by atoms with Gasteiger partial charge in [0.25, 0.3) is 0 Å². The summed E-state index contributed by atoms with van der Waals surface area (Å²) < 4.78 is 4.95. The Morgan fingerprint density at radius 1 is 1.20 bits per heavy atom. The van der Waals surface area contributed by atoms with Crippen LogP contribution in [0, 0.1) is 0 Å². The van der Waals surface area contributed by atoms with Gasteiger partial charge in [0.1, 0.15) is 0 Å². The number of carbonyl (C=O) groups is 1. The Morgan fingerprint density at radius 3 is 2.35 bits per heavy atom. The van der Waals surface area contributed by atoms with Gasteiger partial charge in [0.2, 0.25) is 0 Å². The molecule has 1 aliphatic rings. The molecule has 4 heteroatoms. The average molecular weight is 276 g/mol. The molecule has 4 nitrogen and oxygen atoms in total. The van der Waals surface area contributed by atoms with Gasteiger partial charge in [0.15, 0.2) is 5.54 Å². The number of hydrogen-bond donors (Lipinski definition) is 1. The molecule has 1 aromatic carbocycles. The van der Waals surface area contributed by atoms with E-state index >= 15 is 0 Å². The van der Waals surface area contributed by atoms with Crippen LogP contribution in [0.2, 0.25) is 0 Å². The molecule has 0 saturated carbocycles. The van der Waals surface area contributed by atoms with Crippen LogP contribution in [0.1, 0.15) is 31.2 Å². The highest BCUT2D eigenvalue weighted by Gasteiger charge is 2.39. The fraction of sp³-hybridized carbons (Fsp3) is 0.562. The van der Waals surface area contributed by atoms with Crippen molar-refractivity contribution in [3.05, 3.63) is 35.9 Å². The lowest BCUT2D eigenvalue weighted by molar-refractivity contribution is -0.148. The van der Waals surface area contributed by atoms with Crippen LogP contribution in [0.5, 0.6) is 0 Å². The first-order chi connectivity index (χ1) is 9.66. The first-order valence-corrected chi connectivity index (χ1v) is 7.32. The molecule has 20 heavy (non-hydrogen) atoms. The Bertz CT molecular complexity index is 427. The van der Waals surface area contributed by atoms with E-state index in [4.69, 9.17) is 10.5 Å².